The van der Waals surface area contributed by atoms with Gasteiger partial charge in [-0.25, -0.2) is 13.1 Å². The molecule has 1 atom stereocenters. The zero-order valence-corrected chi connectivity index (χ0v) is 13.9. The number of aryl methyl sites for hydroxylation is 1. The first-order valence-electron chi connectivity index (χ1n) is 6.77. The SMILES string of the molecule is CCCn1cc(S(=O)(=O)NCCC(C)SC)cc1CO. The lowest BCUT2D eigenvalue weighted by molar-refractivity contribution is 0.270. The molecular formula is C13H24N2O3S2. The molecule has 1 rings (SSSR count). The minimum absolute atomic E-state index is 0.154. The summed E-state index contributed by atoms with van der Waals surface area (Å²) in [7, 11) is -3.49. The van der Waals surface area contributed by atoms with Crippen molar-refractivity contribution in [3.8, 4) is 0 Å². The van der Waals surface area contributed by atoms with Crippen molar-refractivity contribution < 1.29 is 13.5 Å². The molecular weight excluding hydrogens is 296 g/mol. The van der Waals surface area contributed by atoms with Crippen LogP contribution in [0, 0.1) is 0 Å². The van der Waals surface area contributed by atoms with Crippen LogP contribution in [0.15, 0.2) is 17.2 Å². The first kappa shape index (κ1) is 17.6. The molecule has 0 spiro atoms. The van der Waals surface area contributed by atoms with Gasteiger partial charge in [0.05, 0.1) is 11.5 Å². The van der Waals surface area contributed by atoms with Gasteiger partial charge in [0.1, 0.15) is 0 Å². The molecule has 1 aromatic heterocycles. The van der Waals surface area contributed by atoms with Gasteiger partial charge in [0, 0.05) is 30.2 Å². The maximum absolute atomic E-state index is 12.2. The summed E-state index contributed by atoms with van der Waals surface area (Å²) in [6, 6.07) is 1.54. The summed E-state index contributed by atoms with van der Waals surface area (Å²) in [4.78, 5) is 0.229. The van der Waals surface area contributed by atoms with Crippen LogP contribution < -0.4 is 4.72 Å². The summed E-state index contributed by atoms with van der Waals surface area (Å²) >= 11 is 1.72. The second kappa shape index (κ2) is 8.07. The Labute approximate surface area is 125 Å². The Morgan fingerprint density at radius 3 is 2.75 bits per heavy atom. The molecule has 0 aliphatic heterocycles. The molecule has 1 heterocycles. The van der Waals surface area contributed by atoms with E-state index in [1.165, 1.54) is 6.07 Å². The van der Waals surface area contributed by atoms with Crippen LogP contribution in [0.1, 0.15) is 32.4 Å². The van der Waals surface area contributed by atoms with Crippen LogP contribution in [0.25, 0.3) is 0 Å². The lowest BCUT2D eigenvalue weighted by Crippen LogP contribution is -2.26. The third kappa shape index (κ3) is 4.80. The second-order valence-corrected chi connectivity index (χ2v) is 7.79. The molecule has 1 unspecified atom stereocenters. The molecule has 116 valence electrons. The number of aliphatic hydroxyl groups excluding tert-OH is 1. The number of nitrogens with zero attached hydrogens (tertiary/aromatic N) is 1. The summed E-state index contributed by atoms with van der Waals surface area (Å²) in [5, 5.41) is 9.69. The van der Waals surface area contributed by atoms with Crippen molar-refractivity contribution >= 4 is 21.8 Å². The Hall–Kier alpha value is -0.500. The van der Waals surface area contributed by atoms with Gasteiger partial charge in [0.15, 0.2) is 0 Å². The van der Waals surface area contributed by atoms with Crippen LogP contribution in [-0.2, 0) is 23.2 Å². The van der Waals surface area contributed by atoms with Crippen LogP contribution >= 0.6 is 11.8 Å². The standard InChI is InChI=1S/C13H24N2O3S2/c1-4-7-15-9-13(8-12(15)10-16)20(17,18)14-6-5-11(2)19-3/h8-9,11,14,16H,4-7,10H2,1-3H3. The summed E-state index contributed by atoms with van der Waals surface area (Å²) in [6.45, 7) is 5.06. The monoisotopic (exact) mass is 320 g/mol. The fourth-order valence-electron chi connectivity index (χ4n) is 1.85. The van der Waals surface area contributed by atoms with Crippen molar-refractivity contribution in [2.45, 2.75) is 50.0 Å². The smallest absolute Gasteiger partial charge is 0.242 e. The average Bonchev–Trinajstić information content (AvgIpc) is 2.82. The highest BCUT2D eigenvalue weighted by molar-refractivity contribution is 7.99. The van der Waals surface area contributed by atoms with Crippen molar-refractivity contribution in [2.75, 3.05) is 12.8 Å². The highest BCUT2D eigenvalue weighted by Crippen LogP contribution is 2.16. The largest absolute Gasteiger partial charge is 0.390 e. The average molecular weight is 320 g/mol. The number of aliphatic hydroxyl groups is 1. The van der Waals surface area contributed by atoms with E-state index >= 15 is 0 Å². The van der Waals surface area contributed by atoms with E-state index in [1.807, 2.05) is 13.2 Å². The molecule has 0 saturated heterocycles. The molecule has 0 aliphatic carbocycles. The Balaban J connectivity index is 2.76. The third-order valence-electron chi connectivity index (χ3n) is 3.14. The van der Waals surface area contributed by atoms with E-state index in [0.717, 1.165) is 12.8 Å². The Bertz CT molecular complexity index is 512. The highest BCUT2D eigenvalue weighted by atomic mass is 32.2. The quantitative estimate of drug-likeness (QED) is 0.728. The van der Waals surface area contributed by atoms with Gasteiger partial charge in [-0.15, -0.1) is 0 Å². The Morgan fingerprint density at radius 1 is 1.50 bits per heavy atom. The van der Waals surface area contributed by atoms with Gasteiger partial charge in [-0.2, -0.15) is 11.8 Å². The van der Waals surface area contributed by atoms with Gasteiger partial charge in [0.2, 0.25) is 10.0 Å². The molecule has 2 N–H and O–H groups in total. The van der Waals surface area contributed by atoms with Crippen molar-refractivity contribution in [3.63, 3.8) is 0 Å². The summed E-state index contributed by atoms with van der Waals surface area (Å²) in [6.07, 6.45) is 5.29. The molecule has 1 aromatic rings. The Morgan fingerprint density at radius 2 is 2.20 bits per heavy atom. The van der Waals surface area contributed by atoms with E-state index in [0.29, 0.717) is 24.0 Å². The van der Waals surface area contributed by atoms with Crippen molar-refractivity contribution in [1.82, 2.24) is 9.29 Å². The van der Waals surface area contributed by atoms with E-state index in [1.54, 1.807) is 22.5 Å². The molecule has 0 bridgehead atoms. The fraction of sp³-hybridized carbons (Fsp3) is 0.692. The van der Waals surface area contributed by atoms with Gasteiger partial charge >= 0.3 is 0 Å². The number of hydrogen-bond acceptors (Lipinski definition) is 4. The van der Waals surface area contributed by atoms with Crippen LogP contribution in [0.5, 0.6) is 0 Å². The number of hydrogen-bond donors (Lipinski definition) is 2. The zero-order chi connectivity index (χ0) is 15.2. The Kier molecular flexibility index (Phi) is 7.08. The van der Waals surface area contributed by atoms with Gasteiger partial charge < -0.3 is 9.67 Å². The van der Waals surface area contributed by atoms with Crippen LogP contribution in [0.2, 0.25) is 0 Å². The van der Waals surface area contributed by atoms with Crippen LogP contribution in [-0.4, -0.2) is 36.1 Å². The lowest BCUT2D eigenvalue weighted by Gasteiger charge is -2.09. The van der Waals surface area contributed by atoms with Gasteiger partial charge in [-0.05, 0) is 25.2 Å². The fourth-order valence-corrected chi connectivity index (χ4v) is 3.32. The van der Waals surface area contributed by atoms with E-state index < -0.39 is 10.0 Å². The predicted octanol–water partition coefficient (Wildman–Crippen LogP) is 1.81. The predicted molar refractivity (Wildman–Crippen MR) is 83.4 cm³/mol. The minimum atomic E-state index is -3.49. The molecule has 5 nitrogen and oxygen atoms in total. The van der Waals surface area contributed by atoms with Gasteiger partial charge in [0.25, 0.3) is 0 Å². The molecule has 20 heavy (non-hydrogen) atoms. The summed E-state index contributed by atoms with van der Waals surface area (Å²) in [5.41, 5.74) is 0.629. The molecule has 0 aliphatic rings. The summed E-state index contributed by atoms with van der Waals surface area (Å²) in [5.74, 6) is 0. The van der Waals surface area contributed by atoms with Crippen molar-refractivity contribution in [1.29, 1.82) is 0 Å². The van der Waals surface area contributed by atoms with E-state index in [2.05, 4.69) is 11.6 Å². The molecule has 0 aromatic carbocycles. The van der Waals surface area contributed by atoms with Crippen molar-refractivity contribution in [3.05, 3.63) is 18.0 Å². The second-order valence-electron chi connectivity index (χ2n) is 4.75. The molecule has 0 amide bonds. The lowest BCUT2D eigenvalue weighted by atomic mass is 10.3. The number of sulfonamides is 1. The molecule has 0 fully saturated rings. The van der Waals surface area contributed by atoms with Crippen LogP contribution in [0.4, 0.5) is 0 Å². The number of nitrogens with one attached hydrogen (secondary N) is 1. The van der Waals surface area contributed by atoms with E-state index in [4.69, 9.17) is 0 Å². The summed E-state index contributed by atoms with van der Waals surface area (Å²) < 4.78 is 28.8. The third-order valence-corrected chi connectivity index (χ3v) is 5.61. The molecule has 0 saturated carbocycles. The van der Waals surface area contributed by atoms with Crippen molar-refractivity contribution in [2.24, 2.45) is 0 Å². The number of thioether (sulfide) groups is 1. The maximum Gasteiger partial charge on any atom is 0.242 e. The zero-order valence-electron chi connectivity index (χ0n) is 12.3. The normalized spacial score (nSPS) is 13.6. The maximum atomic E-state index is 12.2. The highest BCUT2D eigenvalue weighted by Gasteiger charge is 2.17. The topological polar surface area (TPSA) is 71.3 Å². The van der Waals surface area contributed by atoms with E-state index in [9.17, 15) is 13.5 Å². The van der Waals surface area contributed by atoms with Gasteiger partial charge in [-0.1, -0.05) is 13.8 Å². The molecule has 7 heteroatoms. The van der Waals surface area contributed by atoms with Gasteiger partial charge in [-0.3, -0.25) is 0 Å². The first-order valence-corrected chi connectivity index (χ1v) is 9.54. The molecule has 0 radical (unpaired) electrons. The number of rotatable bonds is 9. The van der Waals surface area contributed by atoms with Crippen LogP contribution in [0.3, 0.4) is 0 Å². The number of aromatic nitrogens is 1. The minimum Gasteiger partial charge on any atom is -0.390 e. The first-order chi connectivity index (χ1) is 9.44. The van der Waals surface area contributed by atoms with E-state index in [-0.39, 0.29) is 11.5 Å².